The molecule has 0 amide bonds. The van der Waals surface area contributed by atoms with E-state index >= 15 is 0 Å². The van der Waals surface area contributed by atoms with Crippen LogP contribution in [0.3, 0.4) is 0 Å². The van der Waals surface area contributed by atoms with Gasteiger partial charge in [-0.15, -0.1) is 0 Å². The minimum absolute atomic E-state index is 0.883. The molecule has 1 atom stereocenters. The molecule has 0 aromatic rings. The molecule has 72 valence electrons. The van der Waals surface area contributed by atoms with Gasteiger partial charge in [-0.05, 0) is 43.7 Å². The van der Waals surface area contributed by atoms with Gasteiger partial charge in [0.05, 0.1) is 0 Å². The summed E-state index contributed by atoms with van der Waals surface area (Å²) in [5.41, 5.74) is 0. The lowest BCUT2D eigenvalue weighted by Gasteiger charge is -2.14. The highest BCUT2D eigenvalue weighted by molar-refractivity contribution is 7.98. The summed E-state index contributed by atoms with van der Waals surface area (Å²) in [5.74, 6) is 2.24. The molecule has 0 aromatic heterocycles. The summed E-state index contributed by atoms with van der Waals surface area (Å²) < 4.78 is 0. The summed E-state index contributed by atoms with van der Waals surface area (Å²) in [6.07, 6.45) is 7.75. The van der Waals surface area contributed by atoms with Crippen molar-refractivity contribution in [3.63, 3.8) is 0 Å². The van der Waals surface area contributed by atoms with Crippen LogP contribution in [-0.4, -0.2) is 24.6 Å². The number of nitrogens with one attached hydrogen (secondary N) is 1. The van der Waals surface area contributed by atoms with Crippen molar-refractivity contribution >= 4 is 11.8 Å². The van der Waals surface area contributed by atoms with E-state index in [1.807, 2.05) is 11.8 Å². The summed E-state index contributed by atoms with van der Waals surface area (Å²) in [7, 11) is 0. The molecule has 0 bridgehead atoms. The van der Waals surface area contributed by atoms with E-state index in [1.54, 1.807) is 0 Å². The maximum Gasteiger partial charge on any atom is 0.00683 e. The Bertz CT molecular complexity index is 112. The third-order valence-corrected chi connectivity index (χ3v) is 3.22. The molecule has 1 saturated carbocycles. The largest absolute Gasteiger partial charge is 0.314 e. The molecule has 2 heteroatoms. The van der Waals surface area contributed by atoms with Crippen LogP contribution < -0.4 is 5.32 Å². The maximum atomic E-state index is 3.61. The number of rotatable bonds is 7. The van der Waals surface area contributed by atoms with Gasteiger partial charge in [-0.1, -0.05) is 13.3 Å². The second-order valence-electron chi connectivity index (χ2n) is 3.74. The molecule has 1 unspecified atom stereocenters. The molecular weight excluding hydrogens is 166 g/mol. The molecule has 1 aliphatic rings. The van der Waals surface area contributed by atoms with Crippen LogP contribution in [0.5, 0.6) is 0 Å². The fraction of sp³-hybridized carbons (Fsp3) is 1.00. The fourth-order valence-electron chi connectivity index (χ4n) is 1.36. The molecule has 1 N–H and O–H groups in total. The highest BCUT2D eigenvalue weighted by atomic mass is 32.2. The third-order valence-electron chi connectivity index (χ3n) is 2.58. The van der Waals surface area contributed by atoms with Crippen molar-refractivity contribution in [3.05, 3.63) is 0 Å². The highest BCUT2D eigenvalue weighted by Gasteiger charge is 2.21. The van der Waals surface area contributed by atoms with E-state index in [0.717, 1.165) is 12.0 Å². The first-order valence-corrected chi connectivity index (χ1v) is 6.48. The first-order chi connectivity index (χ1) is 5.86. The molecule has 1 rings (SSSR count). The Morgan fingerprint density at radius 1 is 1.50 bits per heavy atom. The van der Waals surface area contributed by atoms with Gasteiger partial charge in [0.2, 0.25) is 0 Å². The lowest BCUT2D eigenvalue weighted by Crippen LogP contribution is -2.24. The average molecular weight is 187 g/mol. The van der Waals surface area contributed by atoms with Crippen LogP contribution in [0.25, 0.3) is 0 Å². The van der Waals surface area contributed by atoms with Crippen LogP contribution in [0.15, 0.2) is 0 Å². The fourth-order valence-corrected chi connectivity index (χ4v) is 1.92. The van der Waals surface area contributed by atoms with Crippen LogP contribution in [0, 0.1) is 5.92 Å². The monoisotopic (exact) mass is 187 g/mol. The molecular formula is C10H21NS. The topological polar surface area (TPSA) is 12.0 Å². The zero-order chi connectivity index (χ0) is 8.81. The predicted octanol–water partition coefficient (Wildman–Crippen LogP) is 2.52. The molecule has 1 aliphatic carbocycles. The van der Waals surface area contributed by atoms with Crippen LogP contribution >= 0.6 is 11.8 Å². The van der Waals surface area contributed by atoms with E-state index < -0.39 is 0 Å². The molecule has 1 fully saturated rings. The van der Waals surface area contributed by atoms with E-state index in [9.17, 15) is 0 Å². The first kappa shape index (κ1) is 10.4. The van der Waals surface area contributed by atoms with Gasteiger partial charge < -0.3 is 5.32 Å². The van der Waals surface area contributed by atoms with Gasteiger partial charge in [-0.3, -0.25) is 0 Å². The molecule has 0 aromatic carbocycles. The highest BCUT2D eigenvalue weighted by Crippen LogP contribution is 2.20. The number of hydrogen-bond donors (Lipinski definition) is 1. The SMILES string of the molecule is CCC(CCSC)CNC1CC1. The van der Waals surface area contributed by atoms with Crippen LogP contribution in [0.4, 0.5) is 0 Å². The van der Waals surface area contributed by atoms with E-state index in [-0.39, 0.29) is 0 Å². The molecule has 12 heavy (non-hydrogen) atoms. The summed E-state index contributed by atoms with van der Waals surface area (Å²) in [6, 6.07) is 0.883. The Balaban J connectivity index is 1.98. The molecule has 1 nitrogen and oxygen atoms in total. The zero-order valence-corrected chi connectivity index (χ0v) is 9.12. The molecule has 0 saturated heterocycles. The Kier molecular flexibility index (Phi) is 5.08. The van der Waals surface area contributed by atoms with Gasteiger partial charge in [0.1, 0.15) is 0 Å². The van der Waals surface area contributed by atoms with Crippen molar-refractivity contribution in [2.75, 3.05) is 18.6 Å². The summed E-state index contributed by atoms with van der Waals surface area (Å²) >= 11 is 1.97. The Morgan fingerprint density at radius 2 is 2.25 bits per heavy atom. The van der Waals surface area contributed by atoms with Gasteiger partial charge >= 0.3 is 0 Å². The van der Waals surface area contributed by atoms with Gasteiger partial charge in [-0.2, -0.15) is 11.8 Å². The van der Waals surface area contributed by atoms with Crippen molar-refractivity contribution in [2.45, 2.75) is 38.6 Å². The maximum absolute atomic E-state index is 3.61. The molecule has 0 aliphatic heterocycles. The Hall–Kier alpha value is 0.310. The quantitative estimate of drug-likeness (QED) is 0.657. The van der Waals surface area contributed by atoms with Crippen LogP contribution in [-0.2, 0) is 0 Å². The van der Waals surface area contributed by atoms with Crippen molar-refractivity contribution < 1.29 is 0 Å². The minimum atomic E-state index is 0.883. The van der Waals surface area contributed by atoms with Gasteiger partial charge in [0.25, 0.3) is 0 Å². The molecule has 0 spiro atoms. The zero-order valence-electron chi connectivity index (χ0n) is 8.31. The van der Waals surface area contributed by atoms with Crippen molar-refractivity contribution in [1.29, 1.82) is 0 Å². The molecule has 0 radical (unpaired) electrons. The van der Waals surface area contributed by atoms with Crippen molar-refractivity contribution in [3.8, 4) is 0 Å². The second kappa shape index (κ2) is 5.87. The van der Waals surface area contributed by atoms with E-state index in [1.165, 1.54) is 38.0 Å². The van der Waals surface area contributed by atoms with Gasteiger partial charge in [0.15, 0.2) is 0 Å². The smallest absolute Gasteiger partial charge is 0.00683 e. The number of hydrogen-bond acceptors (Lipinski definition) is 2. The van der Waals surface area contributed by atoms with Gasteiger partial charge in [-0.25, -0.2) is 0 Å². The van der Waals surface area contributed by atoms with E-state index in [0.29, 0.717) is 0 Å². The summed E-state index contributed by atoms with van der Waals surface area (Å²) in [6.45, 7) is 3.56. The van der Waals surface area contributed by atoms with Crippen LogP contribution in [0.1, 0.15) is 32.6 Å². The lowest BCUT2D eigenvalue weighted by molar-refractivity contribution is 0.451. The lowest BCUT2D eigenvalue weighted by atomic mass is 10.0. The normalized spacial score (nSPS) is 19.5. The third kappa shape index (κ3) is 4.36. The predicted molar refractivity (Wildman–Crippen MR) is 57.8 cm³/mol. The number of thioether (sulfide) groups is 1. The molecule has 0 heterocycles. The first-order valence-electron chi connectivity index (χ1n) is 5.09. The van der Waals surface area contributed by atoms with E-state index in [2.05, 4.69) is 18.5 Å². The Morgan fingerprint density at radius 3 is 2.75 bits per heavy atom. The van der Waals surface area contributed by atoms with Crippen molar-refractivity contribution in [1.82, 2.24) is 5.32 Å². The van der Waals surface area contributed by atoms with Crippen molar-refractivity contribution in [2.24, 2.45) is 5.92 Å². The van der Waals surface area contributed by atoms with E-state index in [4.69, 9.17) is 0 Å². The average Bonchev–Trinajstić information content (AvgIpc) is 2.89. The summed E-state index contributed by atoms with van der Waals surface area (Å²) in [5, 5.41) is 3.61. The Labute approximate surface area is 80.7 Å². The standard InChI is InChI=1S/C10H21NS/c1-3-9(6-7-12-2)8-11-10-4-5-10/h9-11H,3-8H2,1-2H3. The minimum Gasteiger partial charge on any atom is -0.314 e. The second-order valence-corrected chi connectivity index (χ2v) is 4.72. The van der Waals surface area contributed by atoms with Crippen LogP contribution in [0.2, 0.25) is 0 Å². The van der Waals surface area contributed by atoms with Gasteiger partial charge in [0, 0.05) is 6.04 Å². The summed E-state index contributed by atoms with van der Waals surface area (Å²) in [4.78, 5) is 0.